The first-order chi connectivity index (χ1) is 8.78. The molecule has 0 spiro atoms. The minimum absolute atomic E-state index is 0.212. The van der Waals surface area contributed by atoms with Gasteiger partial charge in [0.2, 0.25) is 5.91 Å². The Morgan fingerprint density at radius 3 is 2.11 bits per heavy atom. The van der Waals surface area contributed by atoms with Crippen molar-refractivity contribution in [2.45, 2.75) is 39.4 Å². The Bertz CT molecular complexity index is 400. The van der Waals surface area contributed by atoms with E-state index in [1.165, 1.54) is 11.8 Å². The molecule has 7 heteroatoms. The minimum Gasteiger partial charge on any atom is -0.466 e. The maximum atomic E-state index is 12.0. The smallest absolute Gasteiger partial charge is 0.307 e. The van der Waals surface area contributed by atoms with Crippen molar-refractivity contribution in [3.05, 3.63) is 0 Å². The van der Waals surface area contributed by atoms with Gasteiger partial charge >= 0.3 is 5.97 Å². The molecule has 19 heavy (non-hydrogen) atoms. The minimum atomic E-state index is -3.63. The van der Waals surface area contributed by atoms with E-state index in [9.17, 15) is 18.0 Å². The molecular weight excluding hydrogens is 270 g/mol. The molecule has 0 saturated carbocycles. The van der Waals surface area contributed by atoms with E-state index in [1.54, 1.807) is 20.8 Å². The highest BCUT2D eigenvalue weighted by atomic mass is 32.2. The summed E-state index contributed by atoms with van der Waals surface area (Å²) in [5, 5.41) is -0.911. The molecule has 112 valence electrons. The van der Waals surface area contributed by atoms with E-state index in [4.69, 9.17) is 4.74 Å². The van der Waals surface area contributed by atoms with Crippen molar-refractivity contribution in [1.29, 1.82) is 0 Å². The summed E-state index contributed by atoms with van der Waals surface area (Å²) >= 11 is 0. The molecule has 0 aliphatic carbocycles. The molecule has 1 atom stereocenters. The van der Waals surface area contributed by atoms with E-state index in [0.717, 1.165) is 0 Å². The van der Waals surface area contributed by atoms with Crippen molar-refractivity contribution < 1.29 is 22.7 Å². The summed E-state index contributed by atoms with van der Waals surface area (Å²) in [7, 11) is -3.63. The van der Waals surface area contributed by atoms with Gasteiger partial charge in [0, 0.05) is 13.1 Å². The number of carbonyl (C=O) groups excluding carboxylic acids is 2. The number of carbonyl (C=O) groups is 2. The number of amides is 1. The largest absolute Gasteiger partial charge is 0.466 e. The fourth-order valence-electron chi connectivity index (χ4n) is 1.56. The van der Waals surface area contributed by atoms with Crippen LogP contribution in [0.4, 0.5) is 0 Å². The zero-order valence-corrected chi connectivity index (χ0v) is 12.8. The lowest BCUT2D eigenvalue weighted by Crippen LogP contribution is -2.38. The molecule has 0 N–H and O–H groups in total. The van der Waals surface area contributed by atoms with Crippen molar-refractivity contribution in [3.63, 3.8) is 0 Å². The van der Waals surface area contributed by atoms with E-state index in [2.05, 4.69) is 0 Å². The lowest BCUT2D eigenvalue weighted by molar-refractivity contribution is -0.143. The van der Waals surface area contributed by atoms with Gasteiger partial charge in [0.1, 0.15) is 5.75 Å². The monoisotopic (exact) mass is 293 g/mol. The Morgan fingerprint density at radius 1 is 1.16 bits per heavy atom. The van der Waals surface area contributed by atoms with Crippen molar-refractivity contribution in [3.8, 4) is 0 Å². The summed E-state index contributed by atoms with van der Waals surface area (Å²) < 4.78 is 28.6. The first kappa shape index (κ1) is 17.9. The van der Waals surface area contributed by atoms with Crippen LogP contribution in [-0.2, 0) is 24.2 Å². The van der Waals surface area contributed by atoms with Crippen LogP contribution in [0.5, 0.6) is 0 Å². The van der Waals surface area contributed by atoms with Gasteiger partial charge in [0.25, 0.3) is 0 Å². The van der Waals surface area contributed by atoms with Crippen molar-refractivity contribution in [2.75, 3.05) is 25.4 Å². The molecule has 1 unspecified atom stereocenters. The molecule has 0 fully saturated rings. The van der Waals surface area contributed by atoms with Gasteiger partial charge in [-0.25, -0.2) is 8.42 Å². The lowest BCUT2D eigenvalue weighted by Gasteiger charge is -2.19. The van der Waals surface area contributed by atoms with Gasteiger partial charge in [-0.3, -0.25) is 9.59 Å². The molecule has 1 amide bonds. The van der Waals surface area contributed by atoms with Crippen molar-refractivity contribution in [2.24, 2.45) is 0 Å². The second-order valence-corrected chi connectivity index (χ2v) is 6.61. The second-order valence-electron chi connectivity index (χ2n) is 4.19. The Morgan fingerprint density at radius 2 is 1.68 bits per heavy atom. The van der Waals surface area contributed by atoms with Gasteiger partial charge in [-0.1, -0.05) is 0 Å². The summed E-state index contributed by atoms with van der Waals surface area (Å²) in [6, 6.07) is 0. The Hall–Kier alpha value is -1.11. The zero-order valence-electron chi connectivity index (χ0n) is 12.0. The Kier molecular flexibility index (Phi) is 7.66. The van der Waals surface area contributed by atoms with Gasteiger partial charge in [-0.15, -0.1) is 0 Å². The molecule has 0 aromatic carbocycles. The van der Waals surface area contributed by atoms with E-state index in [1.807, 2.05) is 0 Å². The Labute approximate surface area is 115 Å². The van der Waals surface area contributed by atoms with Crippen LogP contribution in [0.15, 0.2) is 0 Å². The normalized spacial score (nSPS) is 12.8. The maximum absolute atomic E-state index is 12.0. The molecule has 0 radical (unpaired) electrons. The average Bonchev–Trinajstić information content (AvgIpc) is 2.29. The molecule has 6 nitrogen and oxygen atoms in total. The van der Waals surface area contributed by atoms with Crippen LogP contribution in [0.25, 0.3) is 0 Å². The van der Waals surface area contributed by atoms with Crippen molar-refractivity contribution in [1.82, 2.24) is 4.90 Å². The molecule has 0 bridgehead atoms. The zero-order chi connectivity index (χ0) is 15.1. The number of hydrogen-bond acceptors (Lipinski definition) is 5. The standard InChI is InChI=1S/C12H23NO5S/c1-5-13(6-2)11(14)9-19(16,17)10(4)8-12(15)18-7-3/h10H,5-9H2,1-4H3. The summed E-state index contributed by atoms with van der Waals surface area (Å²) in [4.78, 5) is 24.5. The van der Waals surface area contributed by atoms with E-state index in [0.29, 0.717) is 13.1 Å². The van der Waals surface area contributed by atoms with Gasteiger partial charge in [0.15, 0.2) is 9.84 Å². The predicted octanol–water partition coefficient (Wildman–Crippen LogP) is 0.611. The van der Waals surface area contributed by atoms with Crippen LogP contribution < -0.4 is 0 Å². The molecule has 0 saturated heterocycles. The van der Waals surface area contributed by atoms with E-state index >= 15 is 0 Å². The quantitative estimate of drug-likeness (QED) is 0.613. The summed E-state index contributed by atoms with van der Waals surface area (Å²) in [5.41, 5.74) is 0. The van der Waals surface area contributed by atoms with Gasteiger partial charge in [-0.2, -0.15) is 0 Å². The third kappa shape index (κ3) is 6.04. The molecular formula is C12H23NO5S. The third-order valence-corrected chi connectivity index (χ3v) is 4.86. The number of rotatable bonds is 8. The molecule has 0 heterocycles. The van der Waals surface area contributed by atoms with Crippen LogP contribution in [0, 0.1) is 0 Å². The van der Waals surface area contributed by atoms with Crippen LogP contribution in [0.3, 0.4) is 0 Å². The van der Waals surface area contributed by atoms with E-state index < -0.39 is 32.7 Å². The summed E-state index contributed by atoms with van der Waals surface area (Å²) in [5.74, 6) is -1.55. The average molecular weight is 293 g/mol. The first-order valence-electron chi connectivity index (χ1n) is 6.43. The van der Waals surface area contributed by atoms with Crippen LogP contribution >= 0.6 is 0 Å². The fourth-order valence-corrected chi connectivity index (χ4v) is 2.76. The molecule has 0 aromatic heterocycles. The van der Waals surface area contributed by atoms with E-state index in [-0.39, 0.29) is 13.0 Å². The maximum Gasteiger partial charge on any atom is 0.307 e. The van der Waals surface area contributed by atoms with Crippen molar-refractivity contribution >= 4 is 21.7 Å². The van der Waals surface area contributed by atoms with Crippen LogP contribution in [0.1, 0.15) is 34.1 Å². The number of nitrogens with zero attached hydrogens (tertiary/aromatic N) is 1. The molecule has 0 aromatic rings. The topological polar surface area (TPSA) is 80.8 Å². The first-order valence-corrected chi connectivity index (χ1v) is 8.14. The SMILES string of the molecule is CCOC(=O)CC(C)S(=O)(=O)CC(=O)N(CC)CC. The van der Waals surface area contributed by atoms with Crippen LogP contribution in [-0.4, -0.2) is 55.9 Å². The molecule has 0 aliphatic heterocycles. The highest BCUT2D eigenvalue weighted by Crippen LogP contribution is 2.09. The van der Waals surface area contributed by atoms with Crippen LogP contribution in [0.2, 0.25) is 0 Å². The fraction of sp³-hybridized carbons (Fsp3) is 0.833. The van der Waals surface area contributed by atoms with Gasteiger partial charge in [-0.05, 0) is 27.7 Å². The summed E-state index contributed by atoms with van der Waals surface area (Å²) in [6.45, 7) is 7.80. The predicted molar refractivity (Wildman–Crippen MR) is 72.4 cm³/mol. The highest BCUT2D eigenvalue weighted by Gasteiger charge is 2.28. The number of esters is 1. The van der Waals surface area contributed by atoms with Gasteiger partial charge < -0.3 is 9.64 Å². The third-order valence-electron chi connectivity index (χ3n) is 2.81. The highest BCUT2D eigenvalue weighted by molar-refractivity contribution is 7.92. The molecule has 0 aliphatic rings. The number of sulfone groups is 1. The Balaban J connectivity index is 4.62. The molecule has 0 rings (SSSR count). The second kappa shape index (κ2) is 8.14. The number of hydrogen-bond donors (Lipinski definition) is 0. The van der Waals surface area contributed by atoms with Gasteiger partial charge in [0.05, 0.1) is 18.3 Å². The lowest BCUT2D eigenvalue weighted by atomic mass is 10.3. The summed E-state index contributed by atoms with van der Waals surface area (Å²) in [6.07, 6.45) is -0.221. The number of ether oxygens (including phenoxy) is 1.